The number of sulfonamides is 1. The second-order valence-corrected chi connectivity index (χ2v) is 4.97. The lowest BCUT2D eigenvalue weighted by Gasteiger charge is -2.00. The Labute approximate surface area is 94.6 Å². The summed E-state index contributed by atoms with van der Waals surface area (Å²) in [5, 5.41) is 4.33. The number of hydrogen-bond donors (Lipinski definition) is 2. The first kappa shape index (κ1) is 11.5. The van der Waals surface area contributed by atoms with Crippen LogP contribution in [0.5, 0.6) is 0 Å². The van der Waals surface area contributed by atoms with Crippen molar-refractivity contribution in [3.05, 3.63) is 20.8 Å². The standard InChI is InChI=1S/C7H9N5O4S/c1-11-4-3(5(13)12(2)7(11)14)9-6(10-4)17(8,15)16/h1-2H3,(H,9,10)(H2,8,15,16). The van der Waals surface area contributed by atoms with Crippen LogP contribution in [0.2, 0.25) is 0 Å². The van der Waals surface area contributed by atoms with Crippen molar-refractivity contribution in [1.29, 1.82) is 0 Å². The summed E-state index contributed by atoms with van der Waals surface area (Å²) in [4.78, 5) is 29.2. The highest BCUT2D eigenvalue weighted by Crippen LogP contribution is 2.07. The van der Waals surface area contributed by atoms with E-state index in [1.165, 1.54) is 14.1 Å². The molecule has 0 saturated carbocycles. The molecule has 0 aliphatic heterocycles. The zero-order chi connectivity index (χ0) is 13.0. The van der Waals surface area contributed by atoms with Crippen LogP contribution in [0, 0.1) is 0 Å². The number of hydrogen-bond acceptors (Lipinski definition) is 5. The van der Waals surface area contributed by atoms with E-state index < -0.39 is 26.4 Å². The van der Waals surface area contributed by atoms with Crippen LogP contribution in [0.1, 0.15) is 0 Å². The summed E-state index contributed by atoms with van der Waals surface area (Å²) in [7, 11) is -1.40. The number of fused-ring (bicyclic) bond motifs is 1. The van der Waals surface area contributed by atoms with E-state index in [0.717, 1.165) is 9.13 Å². The zero-order valence-electron chi connectivity index (χ0n) is 8.96. The third kappa shape index (κ3) is 1.57. The fourth-order valence-electron chi connectivity index (χ4n) is 1.44. The highest BCUT2D eigenvalue weighted by molar-refractivity contribution is 7.89. The summed E-state index contributed by atoms with van der Waals surface area (Å²) in [5.41, 5.74) is -1.40. The predicted octanol–water partition coefficient (Wildman–Crippen LogP) is -2.39. The Bertz CT molecular complexity index is 824. The molecular weight excluding hydrogens is 250 g/mol. The average molecular weight is 259 g/mol. The van der Waals surface area contributed by atoms with Crippen LogP contribution in [-0.2, 0) is 24.1 Å². The number of rotatable bonds is 1. The summed E-state index contributed by atoms with van der Waals surface area (Å²) in [5.74, 6) is 0. The van der Waals surface area contributed by atoms with Gasteiger partial charge in [0.15, 0.2) is 11.2 Å². The minimum atomic E-state index is -4.05. The fourth-order valence-corrected chi connectivity index (χ4v) is 1.90. The largest absolute Gasteiger partial charge is 0.332 e. The lowest BCUT2D eigenvalue weighted by atomic mass is 10.5. The van der Waals surface area contributed by atoms with Gasteiger partial charge in [-0.3, -0.25) is 13.9 Å². The molecule has 0 bridgehead atoms. The maximum Gasteiger partial charge on any atom is 0.332 e. The third-order valence-electron chi connectivity index (χ3n) is 2.34. The quantitative estimate of drug-likeness (QED) is 0.589. The molecule has 0 spiro atoms. The van der Waals surface area contributed by atoms with Gasteiger partial charge in [-0.15, -0.1) is 0 Å². The first-order valence-corrected chi connectivity index (χ1v) is 5.96. The Morgan fingerprint density at radius 3 is 2.35 bits per heavy atom. The van der Waals surface area contributed by atoms with E-state index in [1.807, 2.05) is 0 Å². The van der Waals surface area contributed by atoms with Gasteiger partial charge in [0.1, 0.15) is 0 Å². The van der Waals surface area contributed by atoms with Gasteiger partial charge in [-0.1, -0.05) is 0 Å². The Morgan fingerprint density at radius 2 is 1.82 bits per heavy atom. The number of nitrogens with two attached hydrogens (primary N) is 1. The number of aryl methyl sites for hydroxylation is 1. The molecule has 2 heterocycles. The Balaban J connectivity index is 3.07. The molecule has 0 radical (unpaired) electrons. The molecule has 2 aromatic rings. The first-order chi connectivity index (χ1) is 7.73. The first-order valence-electron chi connectivity index (χ1n) is 4.42. The molecule has 9 nitrogen and oxygen atoms in total. The maximum atomic E-state index is 11.7. The molecule has 0 atom stereocenters. The summed E-state index contributed by atoms with van der Waals surface area (Å²) in [6.07, 6.45) is 0. The summed E-state index contributed by atoms with van der Waals surface area (Å²) in [6, 6.07) is 0. The second kappa shape index (κ2) is 3.28. The van der Waals surface area contributed by atoms with E-state index in [9.17, 15) is 18.0 Å². The van der Waals surface area contributed by atoms with Gasteiger partial charge < -0.3 is 4.98 Å². The van der Waals surface area contributed by atoms with Crippen LogP contribution in [0.3, 0.4) is 0 Å². The van der Waals surface area contributed by atoms with E-state index in [4.69, 9.17) is 5.14 Å². The van der Waals surface area contributed by atoms with Gasteiger partial charge in [0, 0.05) is 14.1 Å². The Kier molecular flexibility index (Phi) is 2.22. The molecule has 3 N–H and O–H groups in total. The molecule has 92 valence electrons. The summed E-state index contributed by atoms with van der Waals surface area (Å²) < 4.78 is 24.1. The van der Waals surface area contributed by atoms with Gasteiger partial charge >= 0.3 is 5.69 Å². The number of aromatic nitrogens is 4. The molecule has 10 heteroatoms. The number of nitrogens with one attached hydrogen (secondary N) is 1. The van der Waals surface area contributed by atoms with E-state index in [1.54, 1.807) is 0 Å². The maximum absolute atomic E-state index is 11.7. The van der Waals surface area contributed by atoms with Crippen molar-refractivity contribution in [2.45, 2.75) is 5.16 Å². The number of primary sulfonamides is 1. The fraction of sp³-hybridized carbons (Fsp3) is 0.286. The molecule has 2 rings (SSSR count). The van der Waals surface area contributed by atoms with Gasteiger partial charge in [-0.2, -0.15) is 4.98 Å². The van der Waals surface area contributed by atoms with Crippen molar-refractivity contribution < 1.29 is 8.42 Å². The van der Waals surface area contributed by atoms with Crippen LogP contribution in [0.15, 0.2) is 14.7 Å². The number of H-pyrrole nitrogens is 1. The van der Waals surface area contributed by atoms with E-state index in [2.05, 4.69) is 9.97 Å². The molecule has 0 aliphatic rings. The lowest BCUT2D eigenvalue weighted by Crippen LogP contribution is -2.36. The number of imidazole rings is 1. The molecule has 0 fully saturated rings. The van der Waals surface area contributed by atoms with Gasteiger partial charge in [-0.05, 0) is 0 Å². The molecule has 0 saturated heterocycles. The molecule has 0 aliphatic carbocycles. The van der Waals surface area contributed by atoms with Crippen molar-refractivity contribution in [3.63, 3.8) is 0 Å². The SMILES string of the molecule is Cn1c(=O)c2[nH]c(S(N)(=O)=O)nc2n(C)c1=O. The number of nitrogens with zero attached hydrogens (tertiary/aromatic N) is 3. The van der Waals surface area contributed by atoms with E-state index in [0.29, 0.717) is 0 Å². The molecule has 0 unspecified atom stereocenters. The van der Waals surface area contributed by atoms with Crippen LogP contribution < -0.4 is 16.4 Å². The minimum absolute atomic E-state index is 0.0536. The lowest BCUT2D eigenvalue weighted by molar-refractivity contribution is 0.591. The molecule has 0 amide bonds. The molecule has 0 aromatic carbocycles. The average Bonchev–Trinajstić information content (AvgIpc) is 2.67. The van der Waals surface area contributed by atoms with Crippen molar-refractivity contribution in [1.82, 2.24) is 19.1 Å². The Hall–Kier alpha value is -1.94. The topological polar surface area (TPSA) is 133 Å². The third-order valence-corrected chi connectivity index (χ3v) is 3.07. The van der Waals surface area contributed by atoms with Gasteiger partial charge in [0.05, 0.1) is 0 Å². The van der Waals surface area contributed by atoms with Crippen LogP contribution in [-0.4, -0.2) is 27.5 Å². The molecular formula is C7H9N5O4S. The number of aromatic amines is 1. The van der Waals surface area contributed by atoms with Gasteiger partial charge in [0.25, 0.3) is 15.6 Å². The van der Waals surface area contributed by atoms with Crippen LogP contribution >= 0.6 is 0 Å². The van der Waals surface area contributed by atoms with Crippen molar-refractivity contribution in [2.75, 3.05) is 0 Å². The van der Waals surface area contributed by atoms with Crippen LogP contribution in [0.25, 0.3) is 11.2 Å². The monoisotopic (exact) mass is 259 g/mol. The highest BCUT2D eigenvalue weighted by atomic mass is 32.2. The zero-order valence-corrected chi connectivity index (χ0v) is 9.78. The van der Waals surface area contributed by atoms with Crippen molar-refractivity contribution in [3.8, 4) is 0 Å². The van der Waals surface area contributed by atoms with Gasteiger partial charge in [-0.25, -0.2) is 18.4 Å². The Morgan fingerprint density at radius 1 is 1.24 bits per heavy atom. The minimum Gasteiger partial charge on any atom is -0.322 e. The highest BCUT2D eigenvalue weighted by Gasteiger charge is 2.18. The van der Waals surface area contributed by atoms with E-state index >= 15 is 0 Å². The second-order valence-electron chi connectivity index (χ2n) is 3.49. The van der Waals surface area contributed by atoms with Crippen molar-refractivity contribution in [2.24, 2.45) is 19.2 Å². The molecule has 17 heavy (non-hydrogen) atoms. The summed E-state index contributed by atoms with van der Waals surface area (Å²) >= 11 is 0. The normalized spacial score (nSPS) is 12.2. The summed E-state index contributed by atoms with van der Waals surface area (Å²) in [6.45, 7) is 0. The predicted molar refractivity (Wildman–Crippen MR) is 57.9 cm³/mol. The van der Waals surface area contributed by atoms with E-state index in [-0.39, 0.29) is 11.2 Å². The van der Waals surface area contributed by atoms with Gasteiger partial charge in [0.2, 0.25) is 5.16 Å². The van der Waals surface area contributed by atoms with Crippen LogP contribution in [0.4, 0.5) is 0 Å². The smallest absolute Gasteiger partial charge is 0.322 e. The van der Waals surface area contributed by atoms with Crippen molar-refractivity contribution >= 4 is 21.2 Å². The molecule has 2 aromatic heterocycles.